The van der Waals surface area contributed by atoms with Crippen LogP contribution >= 0.6 is 0 Å². The molecule has 1 aromatic carbocycles. The highest BCUT2D eigenvalue weighted by atomic mass is 32.2. The van der Waals surface area contributed by atoms with Gasteiger partial charge in [-0.15, -0.1) is 0 Å². The summed E-state index contributed by atoms with van der Waals surface area (Å²) in [7, 11) is -2.76. The molecule has 0 aliphatic carbocycles. The van der Waals surface area contributed by atoms with E-state index in [9.17, 15) is 9.00 Å². The fraction of sp³-hybridized carbons (Fsp3) is 0.611. The summed E-state index contributed by atoms with van der Waals surface area (Å²) in [6.07, 6.45) is 2.33. The Morgan fingerprint density at radius 1 is 1.25 bits per heavy atom. The number of benzene rings is 1. The Hall–Kier alpha value is -0.983. The van der Waals surface area contributed by atoms with Gasteiger partial charge in [-0.3, -0.25) is 9.00 Å². The first-order valence-corrected chi connectivity index (χ1v) is 13.0. The SMILES string of the molecule is CS(=O)CC[C@@H](CO[Si](C)(C)C(C)(C)C)NC(=O)c1ccccc1. The minimum atomic E-state index is -1.88. The molecule has 136 valence electrons. The molecule has 4 nitrogen and oxygen atoms in total. The molecule has 1 N–H and O–H groups in total. The van der Waals surface area contributed by atoms with E-state index in [1.165, 1.54) is 0 Å². The molecule has 0 spiro atoms. The molecule has 24 heavy (non-hydrogen) atoms. The molecule has 1 aromatic rings. The van der Waals surface area contributed by atoms with Crippen molar-refractivity contribution in [2.75, 3.05) is 18.6 Å². The number of nitrogens with one attached hydrogen (secondary N) is 1. The third-order valence-electron chi connectivity index (χ3n) is 4.58. The summed E-state index contributed by atoms with van der Waals surface area (Å²) in [4.78, 5) is 12.4. The summed E-state index contributed by atoms with van der Waals surface area (Å²) in [6.45, 7) is 11.4. The summed E-state index contributed by atoms with van der Waals surface area (Å²) in [5.74, 6) is 0.446. The number of hydrogen-bond acceptors (Lipinski definition) is 3. The standard InChI is InChI=1S/C18H31NO3SSi/c1-18(2,3)24(5,6)22-14-16(12-13-23(4)21)19-17(20)15-10-8-7-9-11-15/h7-11,16H,12-14H2,1-6H3,(H,19,20)/t16-,23?/m0/s1. The van der Waals surface area contributed by atoms with Gasteiger partial charge >= 0.3 is 0 Å². The van der Waals surface area contributed by atoms with E-state index < -0.39 is 19.1 Å². The Bertz CT molecular complexity index is 555. The molecule has 6 heteroatoms. The summed E-state index contributed by atoms with van der Waals surface area (Å²) in [5, 5.41) is 3.16. The monoisotopic (exact) mass is 369 g/mol. The lowest BCUT2D eigenvalue weighted by molar-refractivity contribution is 0.0917. The Kier molecular flexibility index (Phi) is 7.83. The first-order valence-electron chi connectivity index (χ1n) is 8.33. The van der Waals surface area contributed by atoms with E-state index in [0.29, 0.717) is 24.3 Å². The maximum Gasteiger partial charge on any atom is 0.251 e. The lowest BCUT2D eigenvalue weighted by atomic mass is 10.2. The molecule has 2 atom stereocenters. The lowest BCUT2D eigenvalue weighted by Crippen LogP contribution is -2.46. The highest BCUT2D eigenvalue weighted by molar-refractivity contribution is 7.84. The molecule has 0 saturated carbocycles. The minimum Gasteiger partial charge on any atom is -0.415 e. The lowest BCUT2D eigenvalue weighted by Gasteiger charge is -2.37. The van der Waals surface area contributed by atoms with Crippen LogP contribution in [0.4, 0.5) is 0 Å². The molecule has 0 bridgehead atoms. The quantitative estimate of drug-likeness (QED) is 0.713. The number of rotatable bonds is 8. The van der Waals surface area contributed by atoms with Gasteiger partial charge in [0.1, 0.15) is 0 Å². The highest BCUT2D eigenvalue weighted by Crippen LogP contribution is 2.36. The van der Waals surface area contributed by atoms with Crippen LogP contribution in [-0.4, -0.2) is 43.1 Å². The molecule has 0 aliphatic heterocycles. The first-order chi connectivity index (χ1) is 11.0. The predicted octanol–water partition coefficient (Wildman–Crippen LogP) is 3.58. The minimum absolute atomic E-state index is 0.110. The Morgan fingerprint density at radius 2 is 1.83 bits per heavy atom. The fourth-order valence-electron chi connectivity index (χ4n) is 1.89. The van der Waals surface area contributed by atoms with Gasteiger partial charge in [0.2, 0.25) is 0 Å². The van der Waals surface area contributed by atoms with Crippen LogP contribution in [0.15, 0.2) is 30.3 Å². The maximum absolute atomic E-state index is 12.4. The summed E-state index contributed by atoms with van der Waals surface area (Å²) < 4.78 is 17.7. The highest BCUT2D eigenvalue weighted by Gasteiger charge is 2.37. The molecule has 1 rings (SSSR count). The van der Waals surface area contributed by atoms with Crippen molar-refractivity contribution in [2.24, 2.45) is 0 Å². The third kappa shape index (κ3) is 6.87. The van der Waals surface area contributed by atoms with Gasteiger partial charge in [0, 0.05) is 28.4 Å². The van der Waals surface area contributed by atoms with Crippen LogP contribution in [0.1, 0.15) is 37.6 Å². The number of carbonyl (C=O) groups is 1. The van der Waals surface area contributed by atoms with E-state index in [2.05, 4.69) is 39.2 Å². The molecule has 1 unspecified atom stereocenters. The van der Waals surface area contributed by atoms with E-state index in [1.54, 1.807) is 18.4 Å². The molecule has 0 saturated heterocycles. The number of carbonyl (C=O) groups excluding carboxylic acids is 1. The van der Waals surface area contributed by atoms with Gasteiger partial charge in [-0.1, -0.05) is 39.0 Å². The van der Waals surface area contributed by atoms with E-state index >= 15 is 0 Å². The zero-order valence-corrected chi connectivity index (χ0v) is 17.5. The number of hydrogen-bond donors (Lipinski definition) is 1. The van der Waals surface area contributed by atoms with Crippen molar-refractivity contribution in [3.05, 3.63) is 35.9 Å². The molecule has 0 radical (unpaired) electrons. The summed E-state index contributed by atoms with van der Waals surface area (Å²) >= 11 is 0. The second-order valence-electron chi connectivity index (χ2n) is 7.67. The molecular weight excluding hydrogens is 338 g/mol. The van der Waals surface area contributed by atoms with Crippen LogP contribution in [0, 0.1) is 0 Å². The topological polar surface area (TPSA) is 55.4 Å². The van der Waals surface area contributed by atoms with Gasteiger partial charge in [-0.05, 0) is 36.7 Å². The Morgan fingerprint density at radius 3 is 2.33 bits per heavy atom. The Labute approximate surface area is 150 Å². The van der Waals surface area contributed by atoms with Gasteiger partial charge in [0.15, 0.2) is 8.32 Å². The summed E-state index contributed by atoms with van der Waals surface area (Å²) in [5.41, 5.74) is 0.632. The van der Waals surface area contributed by atoms with Crippen LogP contribution < -0.4 is 5.32 Å². The largest absolute Gasteiger partial charge is 0.415 e. The van der Waals surface area contributed by atoms with Crippen molar-refractivity contribution in [3.8, 4) is 0 Å². The van der Waals surface area contributed by atoms with E-state index in [4.69, 9.17) is 4.43 Å². The molecular formula is C18H31NO3SSi. The molecule has 0 heterocycles. The average Bonchev–Trinajstić information content (AvgIpc) is 2.49. The molecule has 0 aliphatic rings. The van der Waals surface area contributed by atoms with E-state index in [1.807, 2.05) is 18.2 Å². The maximum atomic E-state index is 12.4. The average molecular weight is 370 g/mol. The van der Waals surface area contributed by atoms with E-state index in [-0.39, 0.29) is 17.0 Å². The van der Waals surface area contributed by atoms with Crippen molar-refractivity contribution in [3.63, 3.8) is 0 Å². The molecule has 1 amide bonds. The van der Waals surface area contributed by atoms with Crippen molar-refractivity contribution >= 4 is 25.0 Å². The first kappa shape index (κ1) is 21.1. The predicted molar refractivity (Wildman–Crippen MR) is 104 cm³/mol. The van der Waals surface area contributed by atoms with Gasteiger partial charge in [0.05, 0.1) is 12.6 Å². The van der Waals surface area contributed by atoms with Crippen LogP contribution in [0.2, 0.25) is 18.1 Å². The normalized spacial score (nSPS) is 14.9. The zero-order chi connectivity index (χ0) is 18.4. The van der Waals surface area contributed by atoms with Gasteiger partial charge in [-0.2, -0.15) is 0 Å². The summed E-state index contributed by atoms with van der Waals surface area (Å²) in [6, 6.07) is 9.03. The van der Waals surface area contributed by atoms with Crippen LogP contribution in [-0.2, 0) is 15.2 Å². The van der Waals surface area contributed by atoms with Crippen LogP contribution in [0.3, 0.4) is 0 Å². The second kappa shape index (κ2) is 8.92. The third-order valence-corrected chi connectivity index (χ3v) is 9.89. The van der Waals surface area contributed by atoms with Crippen molar-refractivity contribution < 1.29 is 13.4 Å². The van der Waals surface area contributed by atoms with Crippen molar-refractivity contribution in [2.45, 2.75) is 51.4 Å². The van der Waals surface area contributed by atoms with Gasteiger partial charge < -0.3 is 9.74 Å². The smallest absolute Gasteiger partial charge is 0.251 e. The van der Waals surface area contributed by atoms with Crippen LogP contribution in [0.25, 0.3) is 0 Å². The van der Waals surface area contributed by atoms with Crippen molar-refractivity contribution in [1.29, 1.82) is 0 Å². The van der Waals surface area contributed by atoms with Crippen LogP contribution in [0.5, 0.6) is 0 Å². The van der Waals surface area contributed by atoms with Gasteiger partial charge in [-0.25, -0.2) is 0 Å². The van der Waals surface area contributed by atoms with Gasteiger partial charge in [0.25, 0.3) is 5.91 Å². The van der Waals surface area contributed by atoms with Crippen molar-refractivity contribution in [1.82, 2.24) is 5.32 Å². The zero-order valence-electron chi connectivity index (χ0n) is 15.7. The van der Waals surface area contributed by atoms with E-state index in [0.717, 1.165) is 0 Å². The molecule has 0 aromatic heterocycles. The number of amides is 1. The molecule has 0 fully saturated rings. The second-order valence-corrected chi connectivity index (χ2v) is 14.0. The fourth-order valence-corrected chi connectivity index (χ4v) is 3.56. The Balaban J connectivity index is 2.73.